The highest BCUT2D eigenvalue weighted by molar-refractivity contribution is 5.70. The van der Waals surface area contributed by atoms with Gasteiger partial charge in [-0.05, 0) is 25.0 Å². The van der Waals surface area contributed by atoms with Crippen LogP contribution in [0.2, 0.25) is 0 Å². The quantitative estimate of drug-likeness (QED) is 0.730. The lowest BCUT2D eigenvalue weighted by Crippen LogP contribution is -2.40. The fourth-order valence-corrected chi connectivity index (χ4v) is 3.01. The standard InChI is InChI=1S/C17H20N6O/c1-22-12-20-15-9-19-17(21-16(15)22)23-8-4-6-14(10-23)24-11-13-5-2-3-7-18-13/h2-3,5,7,9,12,14H,4,6,8,10-11H2,1H3. The van der Waals surface area contributed by atoms with E-state index < -0.39 is 0 Å². The van der Waals surface area contributed by atoms with Gasteiger partial charge in [-0.3, -0.25) is 4.98 Å². The Labute approximate surface area is 140 Å². The van der Waals surface area contributed by atoms with Crippen LogP contribution in [0.4, 0.5) is 5.95 Å². The topological polar surface area (TPSA) is 69.0 Å². The van der Waals surface area contributed by atoms with Crippen LogP contribution in [-0.4, -0.2) is 43.7 Å². The summed E-state index contributed by atoms with van der Waals surface area (Å²) in [6.07, 6.45) is 7.64. The number of imidazole rings is 1. The molecule has 0 aromatic carbocycles. The lowest BCUT2D eigenvalue weighted by atomic mass is 10.1. The molecular formula is C17H20N6O. The van der Waals surface area contributed by atoms with Crippen LogP contribution in [0, 0.1) is 0 Å². The Morgan fingerprint density at radius 2 is 2.21 bits per heavy atom. The van der Waals surface area contributed by atoms with Crippen molar-refractivity contribution in [2.75, 3.05) is 18.0 Å². The normalized spacial score (nSPS) is 18.2. The molecule has 1 unspecified atom stereocenters. The SMILES string of the molecule is Cn1cnc2cnc(N3CCCC(OCc4ccccn4)C3)nc21. The summed E-state index contributed by atoms with van der Waals surface area (Å²) in [5.74, 6) is 0.747. The second-order valence-corrected chi connectivity index (χ2v) is 6.08. The van der Waals surface area contributed by atoms with Crippen LogP contribution < -0.4 is 4.90 Å². The molecule has 3 aromatic rings. The summed E-state index contributed by atoms with van der Waals surface area (Å²) >= 11 is 0. The molecule has 4 rings (SSSR count). The lowest BCUT2D eigenvalue weighted by Gasteiger charge is -2.32. The zero-order valence-electron chi connectivity index (χ0n) is 13.7. The lowest BCUT2D eigenvalue weighted by molar-refractivity contribution is 0.0295. The zero-order chi connectivity index (χ0) is 16.4. The number of fused-ring (bicyclic) bond motifs is 1. The van der Waals surface area contributed by atoms with E-state index in [4.69, 9.17) is 4.74 Å². The molecule has 1 saturated heterocycles. The second kappa shape index (κ2) is 6.52. The third kappa shape index (κ3) is 3.07. The molecule has 124 valence electrons. The van der Waals surface area contributed by atoms with Crippen LogP contribution in [0.1, 0.15) is 18.5 Å². The number of hydrogen-bond acceptors (Lipinski definition) is 6. The maximum Gasteiger partial charge on any atom is 0.227 e. The highest BCUT2D eigenvalue weighted by Gasteiger charge is 2.23. The summed E-state index contributed by atoms with van der Waals surface area (Å²) < 4.78 is 7.96. The Morgan fingerprint density at radius 3 is 3.08 bits per heavy atom. The summed E-state index contributed by atoms with van der Waals surface area (Å²) in [7, 11) is 1.95. The summed E-state index contributed by atoms with van der Waals surface area (Å²) in [5.41, 5.74) is 2.64. The molecule has 1 aliphatic rings. The van der Waals surface area contributed by atoms with E-state index in [0.717, 1.165) is 48.7 Å². The van der Waals surface area contributed by atoms with Crippen LogP contribution in [0.5, 0.6) is 0 Å². The molecule has 1 aliphatic heterocycles. The Morgan fingerprint density at radius 1 is 1.25 bits per heavy atom. The monoisotopic (exact) mass is 324 g/mol. The number of rotatable bonds is 4. The third-order valence-corrected chi connectivity index (χ3v) is 4.30. The number of aromatic nitrogens is 5. The van der Waals surface area contributed by atoms with Gasteiger partial charge in [0.25, 0.3) is 0 Å². The molecule has 4 heterocycles. The number of hydrogen-bond donors (Lipinski definition) is 0. The second-order valence-electron chi connectivity index (χ2n) is 6.08. The van der Waals surface area contributed by atoms with E-state index in [1.807, 2.05) is 29.8 Å². The fraction of sp³-hybridized carbons (Fsp3) is 0.412. The molecule has 1 fully saturated rings. The van der Waals surface area contributed by atoms with E-state index in [9.17, 15) is 0 Å². The molecular weight excluding hydrogens is 304 g/mol. The largest absolute Gasteiger partial charge is 0.370 e. The minimum atomic E-state index is 0.173. The molecule has 0 spiro atoms. The first kappa shape index (κ1) is 15.0. The van der Waals surface area contributed by atoms with Crippen molar-refractivity contribution in [3.05, 3.63) is 42.6 Å². The van der Waals surface area contributed by atoms with E-state index in [0.29, 0.717) is 6.61 Å². The van der Waals surface area contributed by atoms with Crippen molar-refractivity contribution < 1.29 is 4.74 Å². The number of aryl methyl sites for hydroxylation is 1. The van der Waals surface area contributed by atoms with Gasteiger partial charge in [-0.1, -0.05) is 6.07 Å². The third-order valence-electron chi connectivity index (χ3n) is 4.30. The van der Waals surface area contributed by atoms with Gasteiger partial charge in [0.15, 0.2) is 5.65 Å². The van der Waals surface area contributed by atoms with Gasteiger partial charge in [0, 0.05) is 26.3 Å². The van der Waals surface area contributed by atoms with Gasteiger partial charge in [0.05, 0.1) is 30.9 Å². The van der Waals surface area contributed by atoms with Gasteiger partial charge >= 0.3 is 0 Å². The Hall–Kier alpha value is -2.54. The number of pyridine rings is 1. The van der Waals surface area contributed by atoms with Crippen molar-refractivity contribution in [1.29, 1.82) is 0 Å². The summed E-state index contributed by atoms with van der Waals surface area (Å²) in [4.78, 5) is 19.9. The highest BCUT2D eigenvalue weighted by Crippen LogP contribution is 2.20. The van der Waals surface area contributed by atoms with E-state index in [1.54, 1.807) is 18.7 Å². The fourth-order valence-electron chi connectivity index (χ4n) is 3.01. The number of anilines is 1. The molecule has 1 atom stereocenters. The van der Waals surface area contributed by atoms with Gasteiger partial charge in [-0.25, -0.2) is 9.97 Å². The minimum absolute atomic E-state index is 0.173. The number of ether oxygens (including phenoxy) is 1. The molecule has 7 nitrogen and oxygen atoms in total. The van der Waals surface area contributed by atoms with Crippen molar-refractivity contribution in [1.82, 2.24) is 24.5 Å². The first-order valence-corrected chi connectivity index (χ1v) is 8.20. The minimum Gasteiger partial charge on any atom is -0.370 e. The van der Waals surface area contributed by atoms with Crippen molar-refractivity contribution in [2.45, 2.75) is 25.6 Å². The van der Waals surface area contributed by atoms with Crippen LogP contribution in [0.3, 0.4) is 0 Å². The predicted molar refractivity (Wildman–Crippen MR) is 90.6 cm³/mol. The van der Waals surface area contributed by atoms with Crippen molar-refractivity contribution in [3.63, 3.8) is 0 Å². The van der Waals surface area contributed by atoms with Crippen molar-refractivity contribution in [3.8, 4) is 0 Å². The molecule has 0 saturated carbocycles. The van der Waals surface area contributed by atoms with E-state index >= 15 is 0 Å². The van der Waals surface area contributed by atoms with Gasteiger partial charge in [-0.15, -0.1) is 0 Å². The van der Waals surface area contributed by atoms with Crippen LogP contribution >= 0.6 is 0 Å². The first-order valence-electron chi connectivity index (χ1n) is 8.20. The summed E-state index contributed by atoms with van der Waals surface area (Å²) in [6.45, 7) is 2.30. The summed E-state index contributed by atoms with van der Waals surface area (Å²) in [5, 5.41) is 0. The van der Waals surface area contributed by atoms with E-state index in [1.165, 1.54) is 0 Å². The Balaban J connectivity index is 1.44. The van der Waals surface area contributed by atoms with Crippen LogP contribution in [0.25, 0.3) is 11.2 Å². The molecule has 0 bridgehead atoms. The molecule has 0 radical (unpaired) electrons. The van der Waals surface area contributed by atoms with Gasteiger partial charge in [0.2, 0.25) is 5.95 Å². The maximum atomic E-state index is 6.04. The summed E-state index contributed by atoms with van der Waals surface area (Å²) in [6, 6.07) is 5.88. The Kier molecular flexibility index (Phi) is 4.08. The Bertz CT molecular complexity index is 818. The molecule has 7 heteroatoms. The zero-order valence-corrected chi connectivity index (χ0v) is 13.7. The first-order chi connectivity index (χ1) is 11.8. The molecule has 0 amide bonds. The number of nitrogens with zero attached hydrogens (tertiary/aromatic N) is 6. The predicted octanol–water partition coefficient (Wildman–Crippen LogP) is 1.94. The molecule has 0 aliphatic carbocycles. The van der Waals surface area contributed by atoms with Gasteiger partial charge in [0.1, 0.15) is 5.52 Å². The van der Waals surface area contributed by atoms with Gasteiger partial charge < -0.3 is 14.2 Å². The smallest absolute Gasteiger partial charge is 0.227 e. The van der Waals surface area contributed by atoms with Crippen LogP contribution in [-0.2, 0) is 18.4 Å². The number of piperidine rings is 1. The average molecular weight is 324 g/mol. The molecule has 3 aromatic heterocycles. The van der Waals surface area contributed by atoms with E-state index in [-0.39, 0.29) is 6.10 Å². The van der Waals surface area contributed by atoms with Crippen molar-refractivity contribution in [2.24, 2.45) is 7.05 Å². The molecule has 24 heavy (non-hydrogen) atoms. The van der Waals surface area contributed by atoms with Crippen LogP contribution in [0.15, 0.2) is 36.9 Å². The van der Waals surface area contributed by atoms with Crippen molar-refractivity contribution >= 4 is 17.1 Å². The van der Waals surface area contributed by atoms with Gasteiger partial charge in [-0.2, -0.15) is 4.98 Å². The average Bonchev–Trinajstić information content (AvgIpc) is 3.02. The van der Waals surface area contributed by atoms with E-state index in [2.05, 4.69) is 24.8 Å². The molecule has 0 N–H and O–H groups in total. The highest BCUT2D eigenvalue weighted by atomic mass is 16.5. The maximum absolute atomic E-state index is 6.04.